The molecule has 0 radical (unpaired) electrons. The number of aliphatic carboxylic acids is 1. The molecule has 1 aromatic heterocycles. The summed E-state index contributed by atoms with van der Waals surface area (Å²) in [5, 5.41) is 9.29. The van der Waals surface area contributed by atoms with Crippen LogP contribution in [0.2, 0.25) is 0 Å². The smallest absolute Gasteiger partial charge is 0.323 e. The highest BCUT2D eigenvalue weighted by molar-refractivity contribution is 7.98. The van der Waals surface area contributed by atoms with E-state index in [0.717, 1.165) is 5.56 Å². The van der Waals surface area contributed by atoms with E-state index in [1.54, 1.807) is 60.9 Å². The number of hydrogen-bond donors (Lipinski definition) is 1. The lowest BCUT2D eigenvalue weighted by molar-refractivity contribution is -0.137. The number of rotatable bonds is 10. The van der Waals surface area contributed by atoms with Crippen LogP contribution < -0.4 is 4.74 Å². The highest BCUT2D eigenvalue weighted by atomic mass is 32.2. The predicted molar refractivity (Wildman–Crippen MR) is 139 cm³/mol. The van der Waals surface area contributed by atoms with Gasteiger partial charge in [-0.2, -0.15) is 0 Å². The lowest BCUT2D eigenvalue weighted by Gasteiger charge is -2.20. The zero-order chi connectivity index (χ0) is 27.1. The van der Waals surface area contributed by atoms with E-state index in [2.05, 4.69) is 9.97 Å². The molecular formula is C28H23F2N3O4S. The van der Waals surface area contributed by atoms with Gasteiger partial charge in [0.25, 0.3) is 5.91 Å². The molecule has 7 nitrogen and oxygen atoms in total. The van der Waals surface area contributed by atoms with E-state index in [1.807, 2.05) is 0 Å². The first-order chi connectivity index (χ1) is 18.3. The minimum absolute atomic E-state index is 0.0247. The molecule has 0 aliphatic rings. The lowest BCUT2D eigenvalue weighted by atomic mass is 10.1. The van der Waals surface area contributed by atoms with Gasteiger partial charge in [0.15, 0.2) is 11.6 Å². The van der Waals surface area contributed by atoms with E-state index < -0.39 is 30.1 Å². The van der Waals surface area contributed by atoms with Gasteiger partial charge in [0.05, 0.1) is 12.2 Å². The molecular weight excluding hydrogens is 512 g/mol. The van der Waals surface area contributed by atoms with Crippen molar-refractivity contribution in [3.63, 3.8) is 0 Å². The first kappa shape index (κ1) is 26.7. The van der Waals surface area contributed by atoms with E-state index in [-0.39, 0.29) is 13.2 Å². The molecule has 194 valence electrons. The summed E-state index contributed by atoms with van der Waals surface area (Å²) in [6.45, 7) is -0.296. The second kappa shape index (κ2) is 12.3. The van der Waals surface area contributed by atoms with Gasteiger partial charge in [-0.25, -0.2) is 18.7 Å². The maximum absolute atomic E-state index is 13.8. The predicted octanol–water partition coefficient (Wildman–Crippen LogP) is 5.45. The zero-order valence-electron chi connectivity index (χ0n) is 20.3. The Labute approximate surface area is 222 Å². The van der Waals surface area contributed by atoms with Crippen molar-refractivity contribution >= 4 is 23.6 Å². The second-order valence-corrected chi connectivity index (χ2v) is 9.08. The van der Waals surface area contributed by atoms with Gasteiger partial charge in [0.1, 0.15) is 25.2 Å². The Morgan fingerprint density at radius 1 is 1.03 bits per heavy atom. The Kier molecular flexibility index (Phi) is 8.65. The summed E-state index contributed by atoms with van der Waals surface area (Å²) in [4.78, 5) is 34.2. The summed E-state index contributed by atoms with van der Waals surface area (Å²) in [7, 11) is 0. The van der Waals surface area contributed by atoms with E-state index >= 15 is 0 Å². The largest absolute Gasteiger partial charge is 0.489 e. The lowest BCUT2D eigenvalue weighted by Crippen LogP contribution is -2.35. The SMILES string of the molecule is CSc1cc(F)c(F)cc1-c1ccc(OCc2cccc(C(=O)N(CC(=O)O)Cc3ccncn3)c2)cc1. The number of carboxylic acids is 1. The Balaban J connectivity index is 1.45. The maximum Gasteiger partial charge on any atom is 0.323 e. The molecule has 0 unspecified atom stereocenters. The molecule has 38 heavy (non-hydrogen) atoms. The number of nitrogens with zero attached hydrogens (tertiary/aromatic N) is 3. The van der Waals surface area contributed by atoms with Crippen LogP contribution in [0.3, 0.4) is 0 Å². The standard InChI is InChI=1S/C28H23F2N3O4S/c1-38-26-13-25(30)24(29)12-23(26)19-5-7-22(8-6-19)37-16-18-3-2-4-20(11-18)28(36)33(15-27(34)35)14-21-9-10-31-17-32-21/h2-13,17H,14-16H2,1H3,(H,34,35). The molecule has 0 saturated heterocycles. The number of carbonyl (C=O) groups excluding carboxylic acids is 1. The highest BCUT2D eigenvalue weighted by Crippen LogP contribution is 2.33. The number of hydrogen-bond acceptors (Lipinski definition) is 6. The topological polar surface area (TPSA) is 92.6 Å². The summed E-state index contributed by atoms with van der Waals surface area (Å²) in [5.41, 5.74) is 2.85. The average Bonchev–Trinajstić information content (AvgIpc) is 2.93. The number of ether oxygens (including phenoxy) is 1. The number of carboxylic acid groups (broad SMARTS) is 1. The van der Waals surface area contributed by atoms with Crippen LogP contribution in [0.4, 0.5) is 8.78 Å². The van der Waals surface area contributed by atoms with Gasteiger partial charge in [-0.1, -0.05) is 24.3 Å². The summed E-state index contributed by atoms with van der Waals surface area (Å²) >= 11 is 1.33. The summed E-state index contributed by atoms with van der Waals surface area (Å²) < 4.78 is 33.3. The van der Waals surface area contributed by atoms with Crippen molar-refractivity contribution in [1.82, 2.24) is 14.9 Å². The Morgan fingerprint density at radius 2 is 1.79 bits per heavy atom. The van der Waals surface area contributed by atoms with Gasteiger partial charge in [-0.3, -0.25) is 9.59 Å². The third kappa shape index (κ3) is 6.71. The fraction of sp³-hybridized carbons (Fsp3) is 0.143. The molecule has 0 aliphatic heterocycles. The van der Waals surface area contributed by atoms with Crippen LogP contribution in [0.25, 0.3) is 11.1 Å². The molecule has 1 heterocycles. The normalized spacial score (nSPS) is 10.7. The minimum atomic E-state index is -1.14. The van der Waals surface area contributed by atoms with Crippen LogP contribution in [0.15, 0.2) is 84.1 Å². The molecule has 3 aromatic carbocycles. The van der Waals surface area contributed by atoms with Crippen LogP contribution in [0.5, 0.6) is 5.75 Å². The number of aromatic nitrogens is 2. The molecule has 0 spiro atoms. The Bertz CT molecular complexity index is 1440. The first-order valence-electron chi connectivity index (χ1n) is 11.4. The van der Waals surface area contributed by atoms with Crippen molar-refractivity contribution in [3.05, 3.63) is 108 Å². The van der Waals surface area contributed by atoms with Crippen molar-refractivity contribution in [1.29, 1.82) is 0 Å². The van der Waals surface area contributed by atoms with E-state index in [1.165, 1.54) is 41.3 Å². The quantitative estimate of drug-likeness (QED) is 0.270. The van der Waals surface area contributed by atoms with Gasteiger partial charge in [-0.05, 0) is 65.4 Å². The van der Waals surface area contributed by atoms with Crippen LogP contribution in [-0.2, 0) is 17.9 Å². The van der Waals surface area contributed by atoms with Crippen molar-refractivity contribution in [3.8, 4) is 16.9 Å². The van der Waals surface area contributed by atoms with Gasteiger partial charge < -0.3 is 14.7 Å². The van der Waals surface area contributed by atoms with Gasteiger partial charge in [0, 0.05) is 16.7 Å². The second-order valence-electron chi connectivity index (χ2n) is 8.24. The molecule has 0 aliphatic carbocycles. The molecule has 1 N–H and O–H groups in total. The van der Waals surface area contributed by atoms with E-state index in [0.29, 0.717) is 33.0 Å². The third-order valence-electron chi connectivity index (χ3n) is 5.60. The van der Waals surface area contributed by atoms with Crippen molar-refractivity contribution in [2.24, 2.45) is 0 Å². The molecule has 4 rings (SSSR count). The molecule has 0 atom stereocenters. The summed E-state index contributed by atoms with van der Waals surface area (Å²) in [5.74, 6) is -2.84. The Morgan fingerprint density at radius 3 is 2.47 bits per heavy atom. The fourth-order valence-corrected chi connectivity index (χ4v) is 4.39. The van der Waals surface area contributed by atoms with Crippen molar-refractivity contribution < 1.29 is 28.2 Å². The maximum atomic E-state index is 13.8. The van der Waals surface area contributed by atoms with Crippen molar-refractivity contribution in [2.45, 2.75) is 18.0 Å². The van der Waals surface area contributed by atoms with Crippen LogP contribution in [0.1, 0.15) is 21.6 Å². The number of thioether (sulfide) groups is 1. The van der Waals surface area contributed by atoms with Gasteiger partial charge in [-0.15, -0.1) is 11.8 Å². The summed E-state index contributed by atoms with van der Waals surface area (Å²) in [6, 6.07) is 17.7. The highest BCUT2D eigenvalue weighted by Gasteiger charge is 2.20. The number of benzene rings is 3. The first-order valence-corrected chi connectivity index (χ1v) is 12.7. The van der Waals surface area contributed by atoms with E-state index in [9.17, 15) is 23.5 Å². The number of halogens is 2. The van der Waals surface area contributed by atoms with Gasteiger partial charge >= 0.3 is 5.97 Å². The van der Waals surface area contributed by atoms with Crippen molar-refractivity contribution in [2.75, 3.05) is 12.8 Å². The number of amides is 1. The molecule has 0 saturated carbocycles. The molecule has 10 heteroatoms. The molecule has 0 fully saturated rings. The third-order valence-corrected chi connectivity index (χ3v) is 6.37. The Hall–Kier alpha value is -4.31. The molecule has 4 aromatic rings. The molecule has 1 amide bonds. The monoisotopic (exact) mass is 535 g/mol. The van der Waals surface area contributed by atoms with Crippen LogP contribution in [-0.4, -0.2) is 44.7 Å². The zero-order valence-corrected chi connectivity index (χ0v) is 21.1. The number of carbonyl (C=O) groups is 2. The van der Waals surface area contributed by atoms with Crippen LogP contribution in [0, 0.1) is 11.6 Å². The van der Waals surface area contributed by atoms with E-state index in [4.69, 9.17) is 4.74 Å². The van der Waals surface area contributed by atoms with Gasteiger partial charge in [0.2, 0.25) is 0 Å². The van der Waals surface area contributed by atoms with Crippen LogP contribution >= 0.6 is 11.8 Å². The summed E-state index contributed by atoms with van der Waals surface area (Å²) in [6.07, 6.45) is 4.65. The minimum Gasteiger partial charge on any atom is -0.489 e. The average molecular weight is 536 g/mol. The fourth-order valence-electron chi connectivity index (χ4n) is 3.77. The molecule has 0 bridgehead atoms.